The van der Waals surface area contributed by atoms with Crippen LogP contribution in [0, 0.1) is 0 Å². The van der Waals surface area contributed by atoms with E-state index in [4.69, 9.17) is 32.7 Å². The van der Waals surface area contributed by atoms with Crippen LogP contribution < -0.4 is 15.5 Å². The van der Waals surface area contributed by atoms with Crippen LogP contribution in [0.2, 0.25) is 10.0 Å². The lowest BCUT2D eigenvalue weighted by Gasteiger charge is -2.37. The zero-order chi connectivity index (χ0) is 31.0. The van der Waals surface area contributed by atoms with Gasteiger partial charge in [-0.3, -0.25) is 0 Å². The average molecular weight is 650 g/mol. The van der Waals surface area contributed by atoms with Gasteiger partial charge in [-0.15, -0.1) is 0 Å². The Morgan fingerprint density at radius 3 is 2.18 bits per heavy atom. The number of halogens is 2. The van der Waals surface area contributed by atoms with Gasteiger partial charge in [-0.1, -0.05) is 29.3 Å². The van der Waals surface area contributed by atoms with E-state index in [1.165, 1.54) is 21.9 Å². The van der Waals surface area contributed by atoms with Crippen LogP contribution in [0.4, 0.5) is 11.4 Å². The molecule has 0 saturated carbocycles. The van der Waals surface area contributed by atoms with E-state index in [1.54, 1.807) is 41.3 Å². The number of piperazine rings is 1. The Bertz CT molecular complexity index is 1820. The number of phenols is 1. The molecule has 7 rings (SSSR count). The van der Waals surface area contributed by atoms with E-state index in [0.29, 0.717) is 15.6 Å². The standard InChI is InChI=1S/C31H30Cl2N8O4/c32-22-1-10-28(29(33)15-22)31(18-39-20-34-19-35-39)44-17-27(45-31)16-41-30(43)40(21-36-41)25-4-2-23(3-5-25)37-11-13-38(14-12-37)24-6-8-26(42)9-7-24/h1-10,15,19-21,27,42H,11-14,16-18H2. The highest BCUT2D eigenvalue weighted by Gasteiger charge is 2.45. The second-order valence-corrected chi connectivity index (χ2v) is 11.8. The van der Waals surface area contributed by atoms with Gasteiger partial charge >= 0.3 is 5.69 Å². The van der Waals surface area contributed by atoms with Gasteiger partial charge in [0, 0.05) is 48.1 Å². The highest BCUT2D eigenvalue weighted by molar-refractivity contribution is 6.35. The summed E-state index contributed by atoms with van der Waals surface area (Å²) in [7, 11) is 0. The van der Waals surface area contributed by atoms with Gasteiger partial charge in [0.1, 0.15) is 37.4 Å². The summed E-state index contributed by atoms with van der Waals surface area (Å²) in [5, 5.41) is 19.0. The molecule has 3 aromatic carbocycles. The van der Waals surface area contributed by atoms with Crippen molar-refractivity contribution in [2.24, 2.45) is 0 Å². The third-order valence-corrected chi connectivity index (χ3v) is 8.68. The highest BCUT2D eigenvalue weighted by Crippen LogP contribution is 2.40. The molecule has 1 N–H and O–H groups in total. The van der Waals surface area contributed by atoms with Gasteiger partial charge in [0.2, 0.25) is 5.79 Å². The molecule has 5 aromatic rings. The summed E-state index contributed by atoms with van der Waals surface area (Å²) in [5.74, 6) is -0.985. The summed E-state index contributed by atoms with van der Waals surface area (Å²) >= 11 is 12.7. The van der Waals surface area contributed by atoms with E-state index in [1.807, 2.05) is 36.4 Å². The Morgan fingerprint density at radius 1 is 0.867 bits per heavy atom. The predicted octanol–water partition coefficient (Wildman–Crippen LogP) is 3.93. The van der Waals surface area contributed by atoms with E-state index < -0.39 is 11.9 Å². The van der Waals surface area contributed by atoms with Gasteiger partial charge in [0.15, 0.2) is 0 Å². The van der Waals surface area contributed by atoms with E-state index in [9.17, 15) is 9.90 Å². The summed E-state index contributed by atoms with van der Waals surface area (Å²) in [6.45, 7) is 4.06. The van der Waals surface area contributed by atoms with Gasteiger partial charge in [0.05, 0.1) is 23.9 Å². The molecule has 14 heteroatoms. The van der Waals surface area contributed by atoms with Crippen LogP contribution in [-0.2, 0) is 28.4 Å². The van der Waals surface area contributed by atoms with Crippen LogP contribution in [0.3, 0.4) is 0 Å². The van der Waals surface area contributed by atoms with Gasteiger partial charge in [-0.25, -0.2) is 23.7 Å². The van der Waals surface area contributed by atoms with Crippen LogP contribution in [0.1, 0.15) is 5.56 Å². The lowest BCUT2D eigenvalue weighted by atomic mass is 10.1. The number of benzene rings is 3. The first-order valence-electron chi connectivity index (χ1n) is 14.5. The Balaban J connectivity index is 1.02. The Morgan fingerprint density at radius 2 is 1.53 bits per heavy atom. The van der Waals surface area contributed by atoms with Gasteiger partial charge in [0.25, 0.3) is 0 Å². The fourth-order valence-electron chi connectivity index (χ4n) is 5.83. The normalized spacial score (nSPS) is 20.2. The largest absolute Gasteiger partial charge is 0.508 e. The van der Waals surface area contributed by atoms with Crippen LogP contribution in [0.25, 0.3) is 5.69 Å². The zero-order valence-corrected chi connectivity index (χ0v) is 25.6. The molecule has 2 aliphatic rings. The van der Waals surface area contributed by atoms with Crippen molar-refractivity contribution in [3.8, 4) is 11.4 Å². The molecule has 2 atom stereocenters. The van der Waals surface area contributed by atoms with Crippen LogP contribution in [-0.4, -0.2) is 73.1 Å². The molecule has 2 aromatic heterocycles. The summed E-state index contributed by atoms with van der Waals surface area (Å²) in [6.07, 6.45) is 4.04. The van der Waals surface area contributed by atoms with Crippen molar-refractivity contribution in [1.82, 2.24) is 29.1 Å². The summed E-state index contributed by atoms with van der Waals surface area (Å²) < 4.78 is 17.2. The minimum atomic E-state index is -1.25. The third-order valence-electron chi connectivity index (χ3n) is 8.14. The lowest BCUT2D eigenvalue weighted by molar-refractivity contribution is -0.189. The van der Waals surface area contributed by atoms with Crippen LogP contribution >= 0.6 is 23.2 Å². The number of rotatable bonds is 8. The summed E-state index contributed by atoms with van der Waals surface area (Å²) in [4.78, 5) is 22.0. The highest BCUT2D eigenvalue weighted by atomic mass is 35.5. The van der Waals surface area contributed by atoms with Crippen molar-refractivity contribution < 1.29 is 14.6 Å². The first-order valence-corrected chi connectivity index (χ1v) is 15.3. The van der Waals surface area contributed by atoms with Gasteiger partial charge in [-0.2, -0.15) is 10.2 Å². The van der Waals surface area contributed by atoms with Crippen molar-refractivity contribution in [3.05, 3.63) is 112 Å². The molecular formula is C31H30Cl2N8O4. The number of ether oxygens (including phenoxy) is 2. The predicted molar refractivity (Wildman–Crippen MR) is 169 cm³/mol. The molecule has 0 spiro atoms. The maximum atomic E-state index is 13.4. The smallest absolute Gasteiger partial charge is 0.350 e. The Labute approximate surface area is 268 Å². The number of hydrogen-bond donors (Lipinski definition) is 1. The number of anilines is 2. The van der Waals surface area contributed by atoms with Crippen LogP contribution in [0.15, 0.2) is 90.5 Å². The molecule has 0 radical (unpaired) electrons. The Kier molecular flexibility index (Phi) is 7.96. The maximum Gasteiger partial charge on any atom is 0.350 e. The number of aromatic hydroxyl groups is 1. The molecule has 2 aliphatic heterocycles. The molecular weight excluding hydrogens is 619 g/mol. The first-order chi connectivity index (χ1) is 21.9. The fourth-order valence-corrected chi connectivity index (χ4v) is 6.39. The molecule has 0 bridgehead atoms. The van der Waals surface area contributed by atoms with Gasteiger partial charge < -0.3 is 24.4 Å². The quantitative estimate of drug-likeness (QED) is 0.267. The molecule has 45 heavy (non-hydrogen) atoms. The van der Waals surface area contributed by atoms with Crippen molar-refractivity contribution in [1.29, 1.82) is 0 Å². The first kappa shape index (κ1) is 29.4. The summed E-state index contributed by atoms with van der Waals surface area (Å²) in [5.41, 5.74) is 3.22. The zero-order valence-electron chi connectivity index (χ0n) is 24.1. The third kappa shape index (κ3) is 6.01. The van der Waals surface area contributed by atoms with E-state index in [-0.39, 0.29) is 31.1 Å². The van der Waals surface area contributed by atoms with Gasteiger partial charge in [-0.05, 0) is 60.7 Å². The SMILES string of the molecule is O=c1n(-c2ccc(N3CCN(c4ccc(O)cc4)CC3)cc2)cnn1CC1COC(Cn2cncn2)(c2ccc(Cl)cc2Cl)O1. The molecule has 2 unspecified atom stereocenters. The van der Waals surface area contributed by atoms with Crippen molar-refractivity contribution in [2.75, 3.05) is 42.6 Å². The Hall–Kier alpha value is -4.36. The molecule has 2 saturated heterocycles. The second kappa shape index (κ2) is 12.2. The minimum absolute atomic E-state index is 0.180. The maximum absolute atomic E-state index is 13.4. The van der Waals surface area contributed by atoms with Crippen molar-refractivity contribution in [2.45, 2.75) is 25.0 Å². The molecule has 12 nitrogen and oxygen atoms in total. The van der Waals surface area contributed by atoms with Crippen molar-refractivity contribution >= 4 is 34.6 Å². The minimum Gasteiger partial charge on any atom is -0.508 e. The molecule has 4 heterocycles. The van der Waals surface area contributed by atoms with E-state index in [2.05, 4.69) is 25.0 Å². The molecule has 2 fully saturated rings. The summed E-state index contributed by atoms with van der Waals surface area (Å²) in [6, 6.07) is 20.3. The van der Waals surface area contributed by atoms with Crippen LogP contribution in [0.5, 0.6) is 5.75 Å². The lowest BCUT2D eigenvalue weighted by Crippen LogP contribution is -2.46. The second-order valence-electron chi connectivity index (χ2n) is 11.0. The molecule has 0 amide bonds. The monoisotopic (exact) mass is 648 g/mol. The van der Waals surface area contributed by atoms with Crippen molar-refractivity contribution in [3.63, 3.8) is 0 Å². The molecule has 0 aliphatic carbocycles. The number of nitrogens with zero attached hydrogens (tertiary/aromatic N) is 8. The molecule has 232 valence electrons. The number of phenolic OH excluding ortho intramolecular Hbond substituents is 1. The number of hydrogen-bond acceptors (Lipinski definition) is 9. The topological polar surface area (TPSA) is 116 Å². The number of aromatic nitrogens is 6. The van der Waals surface area contributed by atoms with E-state index >= 15 is 0 Å². The fraction of sp³-hybridized carbons (Fsp3) is 0.290. The average Bonchev–Trinajstić information content (AvgIpc) is 3.80. The van der Waals surface area contributed by atoms with E-state index in [0.717, 1.165) is 43.2 Å².